The number of rotatable bonds is 11. The maximum atomic E-state index is 11.6. The molecule has 0 unspecified atom stereocenters. The molecule has 0 radical (unpaired) electrons. The van der Waals surface area contributed by atoms with Crippen molar-refractivity contribution in [3.63, 3.8) is 0 Å². The maximum Gasteiger partial charge on any atom is 0.247 e. The molecule has 0 aliphatic heterocycles. The third kappa shape index (κ3) is 6.22. The highest BCUT2D eigenvalue weighted by Gasteiger charge is 2.45. The number of aliphatic hydroxyl groups excluding tert-OH is 1. The largest absolute Gasteiger partial charge is 0.471 e. The SMILES string of the molecule is Nc1nc(OCc2ccccc2)c2ncn([C@@H]3C[C@H](COCc4ccccc4)[C@@H](OCc4ccccc4)[C@H]3O)c2n1. The molecule has 4 atom stereocenters. The van der Waals surface area contributed by atoms with Crippen LogP contribution in [0.25, 0.3) is 11.2 Å². The Hall–Kier alpha value is -4.31. The molecule has 9 heteroatoms. The summed E-state index contributed by atoms with van der Waals surface area (Å²) in [5, 5.41) is 11.6. The van der Waals surface area contributed by atoms with Gasteiger partial charge in [0.1, 0.15) is 12.7 Å². The molecule has 3 aromatic carbocycles. The predicted octanol–water partition coefficient (Wildman–Crippen LogP) is 4.71. The van der Waals surface area contributed by atoms with E-state index in [1.807, 2.05) is 95.6 Å². The average Bonchev–Trinajstić information content (AvgIpc) is 3.56. The van der Waals surface area contributed by atoms with Crippen molar-refractivity contribution in [2.24, 2.45) is 5.92 Å². The second-order valence-electron chi connectivity index (χ2n) is 10.3. The number of fused-ring (bicyclic) bond motifs is 1. The van der Waals surface area contributed by atoms with E-state index >= 15 is 0 Å². The third-order valence-corrected chi connectivity index (χ3v) is 7.45. The molecular weight excluding hydrogens is 518 g/mol. The van der Waals surface area contributed by atoms with Crippen LogP contribution in [-0.4, -0.2) is 43.4 Å². The van der Waals surface area contributed by atoms with Gasteiger partial charge in [-0.1, -0.05) is 91.0 Å². The third-order valence-electron chi connectivity index (χ3n) is 7.45. The summed E-state index contributed by atoms with van der Waals surface area (Å²) in [6, 6.07) is 29.5. The Morgan fingerprint density at radius 3 is 2.07 bits per heavy atom. The van der Waals surface area contributed by atoms with Crippen molar-refractivity contribution in [1.82, 2.24) is 19.5 Å². The first-order valence-corrected chi connectivity index (χ1v) is 13.8. The van der Waals surface area contributed by atoms with E-state index in [4.69, 9.17) is 19.9 Å². The van der Waals surface area contributed by atoms with Crippen molar-refractivity contribution >= 4 is 17.1 Å². The summed E-state index contributed by atoms with van der Waals surface area (Å²) in [6.45, 7) is 1.64. The van der Waals surface area contributed by atoms with E-state index in [1.165, 1.54) is 0 Å². The lowest BCUT2D eigenvalue weighted by Crippen LogP contribution is -2.33. The van der Waals surface area contributed by atoms with Gasteiger partial charge in [-0.2, -0.15) is 9.97 Å². The molecule has 0 spiro atoms. The van der Waals surface area contributed by atoms with E-state index in [0.29, 0.717) is 49.9 Å². The second-order valence-corrected chi connectivity index (χ2v) is 10.3. The summed E-state index contributed by atoms with van der Waals surface area (Å²) in [6.07, 6.45) is 1.03. The maximum absolute atomic E-state index is 11.6. The zero-order chi connectivity index (χ0) is 28.0. The molecule has 1 saturated carbocycles. The van der Waals surface area contributed by atoms with Gasteiger partial charge in [-0.3, -0.25) is 0 Å². The topological polar surface area (TPSA) is 118 Å². The van der Waals surface area contributed by atoms with Crippen molar-refractivity contribution in [3.05, 3.63) is 114 Å². The van der Waals surface area contributed by atoms with E-state index < -0.39 is 12.2 Å². The number of benzene rings is 3. The minimum atomic E-state index is -0.814. The molecule has 1 fully saturated rings. The summed E-state index contributed by atoms with van der Waals surface area (Å²) in [5.41, 5.74) is 10.2. The highest BCUT2D eigenvalue weighted by Crippen LogP contribution is 2.40. The Bertz CT molecular complexity index is 1550. The number of nitrogens with two attached hydrogens (primary N) is 1. The molecule has 0 amide bonds. The van der Waals surface area contributed by atoms with Crippen molar-refractivity contribution < 1.29 is 19.3 Å². The van der Waals surface area contributed by atoms with E-state index in [2.05, 4.69) is 15.0 Å². The van der Waals surface area contributed by atoms with Gasteiger partial charge in [0.2, 0.25) is 11.8 Å². The van der Waals surface area contributed by atoms with Gasteiger partial charge in [-0.25, -0.2) is 4.98 Å². The summed E-state index contributed by atoms with van der Waals surface area (Å²) < 4.78 is 20.3. The number of ether oxygens (including phenoxy) is 3. The van der Waals surface area contributed by atoms with Crippen LogP contribution in [0.15, 0.2) is 97.3 Å². The summed E-state index contributed by atoms with van der Waals surface area (Å²) >= 11 is 0. The first kappa shape index (κ1) is 26.9. The highest BCUT2D eigenvalue weighted by molar-refractivity contribution is 5.77. The van der Waals surface area contributed by atoms with Crippen molar-refractivity contribution in [2.45, 2.75) is 44.5 Å². The van der Waals surface area contributed by atoms with Crippen LogP contribution < -0.4 is 10.5 Å². The molecule has 1 aliphatic rings. The van der Waals surface area contributed by atoms with E-state index in [1.54, 1.807) is 6.33 Å². The summed E-state index contributed by atoms with van der Waals surface area (Å²) in [7, 11) is 0. The van der Waals surface area contributed by atoms with Crippen LogP contribution in [0.2, 0.25) is 0 Å². The molecule has 6 rings (SSSR count). The fourth-order valence-corrected chi connectivity index (χ4v) is 5.40. The lowest BCUT2D eigenvalue weighted by atomic mass is 10.1. The second kappa shape index (κ2) is 12.5. The Morgan fingerprint density at radius 1 is 0.805 bits per heavy atom. The van der Waals surface area contributed by atoms with Crippen LogP contribution in [0.5, 0.6) is 5.88 Å². The van der Waals surface area contributed by atoms with Crippen molar-refractivity contribution in [1.29, 1.82) is 0 Å². The minimum absolute atomic E-state index is 0.0483. The lowest BCUT2D eigenvalue weighted by Gasteiger charge is -2.24. The molecule has 9 nitrogen and oxygen atoms in total. The van der Waals surface area contributed by atoms with Gasteiger partial charge in [-0.05, 0) is 23.1 Å². The summed E-state index contributed by atoms with van der Waals surface area (Å²) in [5.74, 6) is 0.337. The Morgan fingerprint density at radius 2 is 1.41 bits per heavy atom. The quantitative estimate of drug-likeness (QED) is 0.242. The Kier molecular flexibility index (Phi) is 8.18. The van der Waals surface area contributed by atoms with E-state index in [-0.39, 0.29) is 17.9 Å². The molecule has 2 heterocycles. The van der Waals surface area contributed by atoms with Gasteiger partial charge in [0.25, 0.3) is 0 Å². The fraction of sp³-hybridized carbons (Fsp3) is 0.281. The number of nitrogens with zero attached hydrogens (tertiary/aromatic N) is 4. The fourth-order valence-electron chi connectivity index (χ4n) is 5.40. The summed E-state index contributed by atoms with van der Waals surface area (Å²) in [4.78, 5) is 13.3. The lowest BCUT2D eigenvalue weighted by molar-refractivity contribution is -0.0713. The van der Waals surface area contributed by atoms with Crippen LogP contribution in [0.1, 0.15) is 29.2 Å². The van der Waals surface area contributed by atoms with Crippen LogP contribution in [0, 0.1) is 5.92 Å². The van der Waals surface area contributed by atoms with Crippen LogP contribution in [-0.2, 0) is 29.3 Å². The highest BCUT2D eigenvalue weighted by atomic mass is 16.5. The minimum Gasteiger partial charge on any atom is -0.471 e. The molecule has 210 valence electrons. The molecular formula is C32H33N5O4. The van der Waals surface area contributed by atoms with Gasteiger partial charge in [0.05, 0.1) is 38.3 Å². The number of imidazole rings is 1. The van der Waals surface area contributed by atoms with Gasteiger partial charge in [0.15, 0.2) is 11.2 Å². The normalized spacial score (nSPS) is 20.4. The average molecular weight is 552 g/mol. The standard InChI is InChI=1S/C32H33N5O4/c33-32-35-30-27(31(36-32)41-19-24-14-8-3-9-15-24)34-21-37(30)26-16-25(20-39-17-22-10-4-1-5-11-22)29(28(26)38)40-18-23-12-6-2-7-13-23/h1-15,21,25-26,28-29,38H,16-20H2,(H2,33,35,36)/t25-,26-,28+,29-/m1/s1. The van der Waals surface area contributed by atoms with Crippen molar-refractivity contribution in [2.75, 3.05) is 12.3 Å². The Balaban J connectivity index is 1.23. The molecule has 1 aliphatic carbocycles. The number of nitrogen functional groups attached to an aromatic ring is 1. The van der Waals surface area contributed by atoms with Gasteiger partial charge < -0.3 is 29.6 Å². The van der Waals surface area contributed by atoms with Gasteiger partial charge in [-0.15, -0.1) is 0 Å². The number of anilines is 1. The molecule has 41 heavy (non-hydrogen) atoms. The smallest absolute Gasteiger partial charge is 0.247 e. The monoisotopic (exact) mass is 551 g/mol. The van der Waals surface area contributed by atoms with Gasteiger partial charge >= 0.3 is 0 Å². The van der Waals surface area contributed by atoms with Crippen LogP contribution in [0.3, 0.4) is 0 Å². The molecule has 5 aromatic rings. The van der Waals surface area contributed by atoms with Gasteiger partial charge in [0, 0.05) is 5.92 Å². The van der Waals surface area contributed by atoms with Crippen LogP contribution in [0.4, 0.5) is 5.95 Å². The molecule has 2 aromatic heterocycles. The van der Waals surface area contributed by atoms with Crippen molar-refractivity contribution in [3.8, 4) is 5.88 Å². The molecule has 3 N–H and O–H groups in total. The first-order chi connectivity index (χ1) is 20.2. The number of hydrogen-bond donors (Lipinski definition) is 2. The molecule has 0 bridgehead atoms. The van der Waals surface area contributed by atoms with E-state index in [9.17, 15) is 5.11 Å². The van der Waals surface area contributed by atoms with Crippen LogP contribution >= 0.6 is 0 Å². The zero-order valence-electron chi connectivity index (χ0n) is 22.6. The number of aliphatic hydroxyl groups is 1. The first-order valence-electron chi connectivity index (χ1n) is 13.8. The predicted molar refractivity (Wildman–Crippen MR) is 155 cm³/mol. The van der Waals surface area contributed by atoms with E-state index in [0.717, 1.165) is 16.7 Å². The number of aromatic nitrogens is 4. The molecule has 0 saturated heterocycles. The Labute approximate surface area is 238 Å². The number of hydrogen-bond acceptors (Lipinski definition) is 8. The zero-order valence-corrected chi connectivity index (χ0v) is 22.6.